The highest BCUT2D eigenvalue weighted by atomic mass is 16.2. The van der Waals surface area contributed by atoms with Crippen molar-refractivity contribution in [2.45, 2.75) is 90.3 Å². The maximum atomic E-state index is 13.2. The van der Waals surface area contributed by atoms with E-state index in [-0.39, 0.29) is 6.04 Å². The lowest BCUT2D eigenvalue weighted by atomic mass is 9.71. The second kappa shape index (κ2) is 6.96. The number of allylic oxidation sites excluding steroid dienone is 2. The van der Waals surface area contributed by atoms with Gasteiger partial charge in [-0.3, -0.25) is 9.69 Å². The van der Waals surface area contributed by atoms with Crippen molar-refractivity contribution in [1.82, 2.24) is 9.80 Å². The van der Waals surface area contributed by atoms with Gasteiger partial charge >= 0.3 is 0 Å². The van der Waals surface area contributed by atoms with E-state index in [1.165, 1.54) is 38.5 Å². The molecule has 2 saturated heterocycles. The SMILES string of the molecule is C[C@H](C(=O)N1[C@H](C)CCC[C@@H]1C)N1CCC[C@@]2(CC=CCC2)C1. The van der Waals surface area contributed by atoms with E-state index in [1.54, 1.807) is 0 Å². The molecule has 3 heteroatoms. The molecule has 3 nitrogen and oxygen atoms in total. The van der Waals surface area contributed by atoms with Crippen LogP contribution in [0.5, 0.6) is 0 Å². The number of hydrogen-bond acceptors (Lipinski definition) is 2. The zero-order chi connectivity index (χ0) is 16.4. The average molecular weight is 319 g/mol. The molecule has 1 spiro atoms. The van der Waals surface area contributed by atoms with Crippen molar-refractivity contribution >= 4 is 5.91 Å². The molecule has 0 unspecified atom stereocenters. The topological polar surface area (TPSA) is 23.6 Å². The van der Waals surface area contributed by atoms with Gasteiger partial charge in [-0.15, -0.1) is 0 Å². The summed E-state index contributed by atoms with van der Waals surface area (Å²) in [6.45, 7) is 8.80. The first-order valence-electron chi connectivity index (χ1n) is 9.74. The summed E-state index contributed by atoms with van der Waals surface area (Å²) in [5.41, 5.74) is 0.445. The van der Waals surface area contributed by atoms with Gasteiger partial charge in [0, 0.05) is 18.6 Å². The van der Waals surface area contributed by atoms with Crippen LogP contribution in [-0.4, -0.2) is 46.9 Å². The van der Waals surface area contributed by atoms with Gasteiger partial charge in [-0.1, -0.05) is 12.2 Å². The number of rotatable bonds is 2. The molecule has 3 aliphatic rings. The minimum atomic E-state index is 0.0427. The molecular formula is C20H34N2O. The van der Waals surface area contributed by atoms with Crippen LogP contribution in [-0.2, 0) is 4.79 Å². The lowest BCUT2D eigenvalue weighted by Gasteiger charge is -2.48. The summed E-state index contributed by atoms with van der Waals surface area (Å²) >= 11 is 0. The summed E-state index contributed by atoms with van der Waals surface area (Å²) in [6, 6.07) is 0.858. The first-order chi connectivity index (χ1) is 11.0. The molecule has 2 heterocycles. The monoisotopic (exact) mass is 318 g/mol. The van der Waals surface area contributed by atoms with Crippen LogP contribution < -0.4 is 0 Å². The lowest BCUT2D eigenvalue weighted by molar-refractivity contribution is -0.144. The second-order valence-electron chi connectivity index (χ2n) is 8.34. The molecule has 1 aliphatic carbocycles. The van der Waals surface area contributed by atoms with Crippen molar-refractivity contribution < 1.29 is 4.79 Å². The zero-order valence-corrected chi connectivity index (χ0v) is 15.3. The van der Waals surface area contributed by atoms with Crippen LogP contribution in [0.4, 0.5) is 0 Å². The van der Waals surface area contributed by atoms with Crippen molar-refractivity contribution in [1.29, 1.82) is 0 Å². The number of carbonyl (C=O) groups is 1. The molecule has 0 saturated carbocycles. The summed E-state index contributed by atoms with van der Waals surface area (Å²) in [4.78, 5) is 17.8. The highest BCUT2D eigenvalue weighted by Crippen LogP contribution is 2.41. The first-order valence-corrected chi connectivity index (χ1v) is 9.74. The molecule has 1 amide bonds. The van der Waals surface area contributed by atoms with E-state index in [0.717, 1.165) is 25.9 Å². The smallest absolute Gasteiger partial charge is 0.240 e. The Balaban J connectivity index is 1.68. The van der Waals surface area contributed by atoms with E-state index < -0.39 is 0 Å². The second-order valence-corrected chi connectivity index (χ2v) is 8.34. The number of nitrogens with zero attached hydrogens (tertiary/aromatic N) is 2. The Labute approximate surface area is 142 Å². The van der Waals surface area contributed by atoms with E-state index in [1.807, 2.05) is 0 Å². The Hall–Kier alpha value is -0.830. The Kier molecular flexibility index (Phi) is 5.15. The molecular weight excluding hydrogens is 284 g/mol. The minimum absolute atomic E-state index is 0.0427. The number of amides is 1. The van der Waals surface area contributed by atoms with Gasteiger partial charge in [0.05, 0.1) is 6.04 Å². The van der Waals surface area contributed by atoms with Gasteiger partial charge in [-0.05, 0) is 84.1 Å². The molecule has 4 atom stereocenters. The Morgan fingerprint density at radius 1 is 1.13 bits per heavy atom. The number of carbonyl (C=O) groups excluding carboxylic acids is 1. The Morgan fingerprint density at radius 3 is 2.52 bits per heavy atom. The number of piperidine rings is 2. The fraction of sp³-hybridized carbons (Fsp3) is 0.850. The number of hydrogen-bond donors (Lipinski definition) is 0. The van der Waals surface area contributed by atoms with Gasteiger partial charge < -0.3 is 4.90 Å². The van der Waals surface area contributed by atoms with Crippen LogP contribution >= 0.6 is 0 Å². The molecule has 2 aliphatic heterocycles. The third kappa shape index (κ3) is 3.50. The zero-order valence-electron chi connectivity index (χ0n) is 15.3. The van der Waals surface area contributed by atoms with Gasteiger partial charge in [0.1, 0.15) is 0 Å². The standard InChI is InChI=1S/C20H34N2O/c1-16-9-7-10-17(2)22(16)19(23)18(3)21-14-8-13-20(15-21)11-5-4-6-12-20/h4-5,16-18H,6-15H2,1-3H3/t16-,17+,18-,20+/m1/s1. The Bertz CT molecular complexity index is 451. The lowest BCUT2D eigenvalue weighted by Crippen LogP contribution is -2.57. The largest absolute Gasteiger partial charge is 0.336 e. The van der Waals surface area contributed by atoms with Gasteiger partial charge in [0.2, 0.25) is 5.91 Å². The molecule has 0 aromatic heterocycles. The Morgan fingerprint density at radius 2 is 1.87 bits per heavy atom. The molecule has 0 bridgehead atoms. The van der Waals surface area contributed by atoms with Gasteiger partial charge in [-0.25, -0.2) is 0 Å². The molecule has 3 rings (SSSR count). The van der Waals surface area contributed by atoms with Gasteiger partial charge in [0.15, 0.2) is 0 Å². The van der Waals surface area contributed by atoms with Gasteiger partial charge in [0.25, 0.3) is 0 Å². The van der Waals surface area contributed by atoms with Crippen LogP contribution in [0.15, 0.2) is 12.2 Å². The van der Waals surface area contributed by atoms with Crippen LogP contribution in [0.1, 0.15) is 72.1 Å². The molecule has 130 valence electrons. The summed E-state index contributed by atoms with van der Waals surface area (Å²) < 4.78 is 0. The minimum Gasteiger partial charge on any atom is -0.336 e. The fourth-order valence-electron chi connectivity index (χ4n) is 5.12. The quantitative estimate of drug-likeness (QED) is 0.719. The molecule has 2 fully saturated rings. The highest BCUT2D eigenvalue weighted by Gasteiger charge is 2.40. The van der Waals surface area contributed by atoms with E-state index in [4.69, 9.17) is 0 Å². The van der Waals surface area contributed by atoms with E-state index in [0.29, 0.717) is 23.4 Å². The predicted octanol–water partition coefficient (Wildman–Crippen LogP) is 3.99. The summed E-state index contributed by atoms with van der Waals surface area (Å²) in [7, 11) is 0. The summed E-state index contributed by atoms with van der Waals surface area (Å²) in [6.07, 6.45) is 14.6. The van der Waals surface area contributed by atoms with Crippen LogP contribution in [0.2, 0.25) is 0 Å². The number of likely N-dealkylation sites (tertiary alicyclic amines) is 2. The first kappa shape index (κ1) is 17.0. The van der Waals surface area contributed by atoms with E-state index >= 15 is 0 Å². The van der Waals surface area contributed by atoms with Crippen molar-refractivity contribution in [2.75, 3.05) is 13.1 Å². The maximum Gasteiger partial charge on any atom is 0.240 e. The highest BCUT2D eigenvalue weighted by molar-refractivity contribution is 5.82. The molecule has 0 N–H and O–H groups in total. The summed E-state index contributed by atoms with van der Waals surface area (Å²) in [5, 5.41) is 0. The third-order valence-electron chi connectivity index (χ3n) is 6.60. The maximum absolute atomic E-state index is 13.2. The third-order valence-corrected chi connectivity index (χ3v) is 6.60. The van der Waals surface area contributed by atoms with Crippen LogP contribution in [0.3, 0.4) is 0 Å². The van der Waals surface area contributed by atoms with Gasteiger partial charge in [-0.2, -0.15) is 0 Å². The molecule has 0 radical (unpaired) electrons. The molecule has 0 aromatic carbocycles. The average Bonchev–Trinajstić information content (AvgIpc) is 2.54. The van der Waals surface area contributed by atoms with Crippen LogP contribution in [0.25, 0.3) is 0 Å². The fourth-order valence-corrected chi connectivity index (χ4v) is 5.12. The van der Waals surface area contributed by atoms with Crippen molar-refractivity contribution in [3.05, 3.63) is 12.2 Å². The predicted molar refractivity (Wildman–Crippen MR) is 95.3 cm³/mol. The molecule has 0 aromatic rings. The summed E-state index contributed by atoms with van der Waals surface area (Å²) in [5.74, 6) is 0.369. The van der Waals surface area contributed by atoms with E-state index in [2.05, 4.69) is 42.7 Å². The van der Waals surface area contributed by atoms with Crippen molar-refractivity contribution in [2.24, 2.45) is 5.41 Å². The molecule has 23 heavy (non-hydrogen) atoms. The van der Waals surface area contributed by atoms with E-state index in [9.17, 15) is 4.79 Å². The van der Waals surface area contributed by atoms with Crippen molar-refractivity contribution in [3.63, 3.8) is 0 Å². The normalized spacial score (nSPS) is 37.1. The van der Waals surface area contributed by atoms with Crippen molar-refractivity contribution in [3.8, 4) is 0 Å². The van der Waals surface area contributed by atoms with Crippen LogP contribution in [0, 0.1) is 5.41 Å².